The fourth-order valence-electron chi connectivity index (χ4n) is 2.92. The van der Waals surface area contributed by atoms with E-state index < -0.39 is 5.60 Å². The highest BCUT2D eigenvalue weighted by Crippen LogP contribution is 2.25. The summed E-state index contributed by atoms with van der Waals surface area (Å²) in [5.41, 5.74) is 0.758. The largest absolute Gasteiger partial charge is 0.495 e. The first-order valence-corrected chi connectivity index (χ1v) is 8.83. The number of piperidine rings is 1. The number of hydrogen-bond donors (Lipinski definition) is 1. The Morgan fingerprint density at radius 2 is 1.92 bits per heavy atom. The van der Waals surface area contributed by atoms with Crippen molar-refractivity contribution < 1.29 is 19.1 Å². The average Bonchev–Trinajstić information content (AvgIpc) is 2.59. The number of hydrogen-bond acceptors (Lipinski definition) is 4. The Morgan fingerprint density at radius 3 is 2.46 bits per heavy atom. The number of carbonyl (C=O) groups is 2. The van der Waals surface area contributed by atoms with Gasteiger partial charge in [0.15, 0.2) is 0 Å². The maximum atomic E-state index is 12.6. The molecule has 0 spiro atoms. The normalized spacial score (nSPS) is 15.3. The summed E-state index contributed by atoms with van der Waals surface area (Å²) in [7, 11) is 1.54. The molecule has 0 atom stereocenters. The molecule has 0 unspecified atom stereocenters. The summed E-state index contributed by atoms with van der Waals surface area (Å²) in [6, 6.07) is 5.40. The van der Waals surface area contributed by atoms with E-state index in [1.807, 2.05) is 26.8 Å². The van der Waals surface area contributed by atoms with Gasteiger partial charge in [0, 0.05) is 24.7 Å². The highest BCUT2D eigenvalue weighted by atomic mass is 16.6. The zero-order valence-electron chi connectivity index (χ0n) is 16.0. The lowest BCUT2D eigenvalue weighted by Gasteiger charge is -2.33. The fourth-order valence-corrected chi connectivity index (χ4v) is 2.92. The van der Waals surface area contributed by atoms with E-state index in [1.54, 1.807) is 30.2 Å². The van der Waals surface area contributed by atoms with E-state index in [1.165, 1.54) is 0 Å². The molecule has 0 saturated carbocycles. The lowest BCUT2D eigenvalue weighted by Crippen LogP contribution is -2.47. The van der Waals surface area contributed by atoms with Crippen LogP contribution in [-0.2, 0) is 4.74 Å². The molecule has 1 aromatic carbocycles. The third kappa shape index (κ3) is 5.00. The molecular weight excluding hydrogens is 332 g/mol. The summed E-state index contributed by atoms with van der Waals surface area (Å²) >= 11 is 0. The second-order valence-electron chi connectivity index (χ2n) is 7.35. The average molecular weight is 360 g/mol. The molecule has 1 saturated heterocycles. The number of likely N-dealkylation sites (tertiary alicyclic amines) is 1. The van der Waals surface area contributed by atoms with Crippen molar-refractivity contribution in [3.8, 4) is 5.75 Å². The molecule has 1 N–H and O–H groups in total. The Hall–Kier alpha value is -2.50. The molecule has 2 rings (SSSR count). The van der Waals surface area contributed by atoms with Crippen LogP contribution in [0.5, 0.6) is 5.75 Å². The first-order chi connectivity index (χ1) is 12.2. The minimum Gasteiger partial charge on any atom is -0.495 e. The van der Waals surface area contributed by atoms with E-state index in [4.69, 9.17) is 9.47 Å². The lowest BCUT2D eigenvalue weighted by atomic mass is 10.0. The van der Waals surface area contributed by atoms with Crippen LogP contribution in [0, 0.1) is 0 Å². The molecule has 0 bridgehead atoms. The van der Waals surface area contributed by atoms with E-state index in [-0.39, 0.29) is 18.0 Å². The summed E-state index contributed by atoms with van der Waals surface area (Å²) in [6.45, 7) is 10.4. The highest BCUT2D eigenvalue weighted by molar-refractivity contribution is 5.98. The third-order valence-corrected chi connectivity index (χ3v) is 4.20. The topological polar surface area (TPSA) is 67.9 Å². The SMILES string of the molecule is C=Cc1cccc(C(=O)NC2CCN(C(=O)OC(C)(C)C)CC2)c1OC. The van der Waals surface area contributed by atoms with E-state index in [0.717, 1.165) is 5.56 Å². The van der Waals surface area contributed by atoms with Crippen molar-refractivity contribution in [2.24, 2.45) is 0 Å². The van der Waals surface area contributed by atoms with Gasteiger partial charge < -0.3 is 19.7 Å². The summed E-state index contributed by atoms with van der Waals surface area (Å²) in [5.74, 6) is 0.340. The van der Waals surface area contributed by atoms with Gasteiger partial charge in [-0.25, -0.2) is 4.79 Å². The van der Waals surface area contributed by atoms with Crippen molar-refractivity contribution in [3.63, 3.8) is 0 Å². The number of nitrogens with zero attached hydrogens (tertiary/aromatic N) is 1. The Bertz CT molecular complexity index is 671. The lowest BCUT2D eigenvalue weighted by molar-refractivity contribution is 0.0199. The number of carbonyl (C=O) groups excluding carboxylic acids is 2. The minimum absolute atomic E-state index is 0.0123. The third-order valence-electron chi connectivity index (χ3n) is 4.20. The van der Waals surface area contributed by atoms with Crippen molar-refractivity contribution >= 4 is 18.1 Å². The van der Waals surface area contributed by atoms with Gasteiger partial charge in [-0.05, 0) is 39.7 Å². The summed E-state index contributed by atoms with van der Waals surface area (Å²) in [5, 5.41) is 3.04. The maximum Gasteiger partial charge on any atom is 0.410 e. The number of ether oxygens (including phenoxy) is 2. The van der Waals surface area contributed by atoms with Gasteiger partial charge in [-0.1, -0.05) is 24.8 Å². The fraction of sp³-hybridized carbons (Fsp3) is 0.500. The van der Waals surface area contributed by atoms with Crippen molar-refractivity contribution in [3.05, 3.63) is 35.9 Å². The predicted octanol–water partition coefficient (Wildman–Crippen LogP) is 3.47. The molecule has 6 heteroatoms. The Labute approximate surface area is 155 Å². The predicted molar refractivity (Wildman–Crippen MR) is 101 cm³/mol. The molecule has 1 heterocycles. The molecule has 1 aliphatic rings. The van der Waals surface area contributed by atoms with E-state index >= 15 is 0 Å². The molecular formula is C20H28N2O4. The summed E-state index contributed by atoms with van der Waals surface area (Å²) in [6.07, 6.45) is 2.74. The molecule has 1 aliphatic heterocycles. The molecule has 0 radical (unpaired) electrons. The molecule has 2 amide bonds. The maximum absolute atomic E-state index is 12.6. The Balaban J connectivity index is 1.95. The number of nitrogens with one attached hydrogen (secondary N) is 1. The van der Waals surface area contributed by atoms with Gasteiger partial charge in [0.2, 0.25) is 0 Å². The standard InChI is InChI=1S/C20H28N2O4/c1-6-14-8-7-9-16(17(14)25-5)18(23)21-15-10-12-22(13-11-15)19(24)26-20(2,3)4/h6-9,15H,1,10-13H2,2-5H3,(H,21,23). The second kappa shape index (κ2) is 8.25. The second-order valence-corrected chi connectivity index (χ2v) is 7.35. The van der Waals surface area contributed by atoms with Gasteiger partial charge in [-0.3, -0.25) is 4.79 Å². The highest BCUT2D eigenvalue weighted by Gasteiger charge is 2.28. The molecule has 26 heavy (non-hydrogen) atoms. The Kier molecular flexibility index (Phi) is 6.29. The smallest absolute Gasteiger partial charge is 0.410 e. The van der Waals surface area contributed by atoms with Gasteiger partial charge in [-0.2, -0.15) is 0 Å². The van der Waals surface area contributed by atoms with Gasteiger partial charge in [0.25, 0.3) is 5.91 Å². The summed E-state index contributed by atoms with van der Waals surface area (Å²) < 4.78 is 10.8. The van der Waals surface area contributed by atoms with Crippen LogP contribution in [-0.4, -0.2) is 48.7 Å². The van der Waals surface area contributed by atoms with E-state index in [9.17, 15) is 9.59 Å². The number of rotatable bonds is 4. The zero-order valence-corrected chi connectivity index (χ0v) is 16.0. The first-order valence-electron chi connectivity index (χ1n) is 8.83. The van der Waals surface area contributed by atoms with Crippen LogP contribution in [0.15, 0.2) is 24.8 Å². The number of methoxy groups -OCH3 is 1. The van der Waals surface area contributed by atoms with Crippen molar-refractivity contribution in [2.75, 3.05) is 20.2 Å². The molecule has 0 aromatic heterocycles. The minimum atomic E-state index is -0.505. The van der Waals surface area contributed by atoms with E-state index in [0.29, 0.717) is 37.2 Å². The zero-order chi connectivity index (χ0) is 19.3. The monoisotopic (exact) mass is 360 g/mol. The van der Waals surface area contributed by atoms with Crippen LogP contribution in [0.1, 0.15) is 49.5 Å². The van der Waals surface area contributed by atoms with Crippen LogP contribution in [0.25, 0.3) is 6.08 Å². The van der Waals surface area contributed by atoms with Crippen molar-refractivity contribution in [2.45, 2.75) is 45.3 Å². The van der Waals surface area contributed by atoms with Crippen LogP contribution in [0.4, 0.5) is 4.79 Å². The quantitative estimate of drug-likeness (QED) is 0.893. The first kappa shape index (κ1) is 19.8. The van der Waals surface area contributed by atoms with Gasteiger partial charge >= 0.3 is 6.09 Å². The van der Waals surface area contributed by atoms with Crippen LogP contribution < -0.4 is 10.1 Å². The van der Waals surface area contributed by atoms with Gasteiger partial charge in [0.05, 0.1) is 12.7 Å². The number of amides is 2. The number of para-hydroxylation sites is 1. The van der Waals surface area contributed by atoms with Crippen LogP contribution >= 0.6 is 0 Å². The summed E-state index contributed by atoms with van der Waals surface area (Å²) in [4.78, 5) is 26.4. The van der Waals surface area contributed by atoms with Crippen molar-refractivity contribution in [1.82, 2.24) is 10.2 Å². The molecule has 142 valence electrons. The molecule has 6 nitrogen and oxygen atoms in total. The van der Waals surface area contributed by atoms with Crippen LogP contribution in [0.2, 0.25) is 0 Å². The molecule has 0 aliphatic carbocycles. The molecule has 1 aromatic rings. The van der Waals surface area contributed by atoms with Gasteiger partial charge in [0.1, 0.15) is 11.4 Å². The Morgan fingerprint density at radius 1 is 1.27 bits per heavy atom. The van der Waals surface area contributed by atoms with Crippen molar-refractivity contribution in [1.29, 1.82) is 0 Å². The number of benzene rings is 1. The van der Waals surface area contributed by atoms with Crippen LogP contribution in [0.3, 0.4) is 0 Å². The molecule has 1 fully saturated rings. The van der Waals surface area contributed by atoms with E-state index in [2.05, 4.69) is 11.9 Å². The van der Waals surface area contributed by atoms with Gasteiger partial charge in [-0.15, -0.1) is 0 Å².